The van der Waals surface area contributed by atoms with Gasteiger partial charge in [0.05, 0.1) is 0 Å². The molecule has 1 heterocycles. The molecule has 92 valence electrons. The van der Waals surface area contributed by atoms with Crippen LogP contribution in [0, 0.1) is 0 Å². The molecule has 2 nitrogen and oxygen atoms in total. The number of nitrogens with one attached hydrogen (secondary N) is 1. The van der Waals surface area contributed by atoms with Crippen LogP contribution in [-0.2, 0) is 0 Å². The van der Waals surface area contributed by atoms with Crippen LogP contribution in [0.3, 0.4) is 0 Å². The summed E-state index contributed by atoms with van der Waals surface area (Å²) in [6.07, 6.45) is 1.11. The predicted molar refractivity (Wildman–Crippen MR) is 77.1 cm³/mol. The van der Waals surface area contributed by atoms with Crippen molar-refractivity contribution in [3.05, 3.63) is 42.5 Å². The topological polar surface area (TPSA) is 25.2 Å². The third-order valence-corrected chi connectivity index (χ3v) is 3.40. The van der Waals surface area contributed by atoms with Gasteiger partial charge in [-0.05, 0) is 31.5 Å². The molecule has 18 heavy (non-hydrogen) atoms. The summed E-state index contributed by atoms with van der Waals surface area (Å²) in [7, 11) is 0. The van der Waals surface area contributed by atoms with Gasteiger partial charge in [0.1, 0.15) is 11.2 Å². The fourth-order valence-corrected chi connectivity index (χ4v) is 2.20. The lowest BCUT2D eigenvalue weighted by molar-refractivity contribution is 0.668. The first kappa shape index (κ1) is 11.1. The first-order chi connectivity index (χ1) is 8.78. The van der Waals surface area contributed by atoms with Crippen LogP contribution in [0.5, 0.6) is 0 Å². The standard InChI is InChI=1S/C16H17NO/c1-3-11(2)17-12-8-9-14-13-6-4-5-7-15(13)18-16(14)10-12/h4-11,17H,3H2,1-2H3. The molecule has 0 bridgehead atoms. The summed E-state index contributed by atoms with van der Waals surface area (Å²) in [4.78, 5) is 0. The first-order valence-electron chi connectivity index (χ1n) is 6.46. The van der Waals surface area contributed by atoms with E-state index in [0.717, 1.165) is 23.3 Å². The summed E-state index contributed by atoms with van der Waals surface area (Å²) in [5, 5.41) is 5.83. The summed E-state index contributed by atoms with van der Waals surface area (Å²) in [6, 6.07) is 15.0. The van der Waals surface area contributed by atoms with Crippen molar-refractivity contribution in [1.82, 2.24) is 0 Å². The Balaban J connectivity index is 2.09. The first-order valence-corrected chi connectivity index (χ1v) is 6.46. The van der Waals surface area contributed by atoms with Crippen LogP contribution in [0.15, 0.2) is 46.9 Å². The van der Waals surface area contributed by atoms with Crippen molar-refractivity contribution in [2.45, 2.75) is 26.3 Å². The van der Waals surface area contributed by atoms with Crippen LogP contribution in [0.25, 0.3) is 21.9 Å². The van der Waals surface area contributed by atoms with Crippen molar-refractivity contribution in [3.63, 3.8) is 0 Å². The van der Waals surface area contributed by atoms with Crippen molar-refractivity contribution >= 4 is 27.6 Å². The average Bonchev–Trinajstić information content (AvgIpc) is 2.76. The van der Waals surface area contributed by atoms with Gasteiger partial charge in [0.2, 0.25) is 0 Å². The molecule has 0 saturated heterocycles. The van der Waals surface area contributed by atoms with Crippen LogP contribution in [0.2, 0.25) is 0 Å². The van der Waals surface area contributed by atoms with E-state index in [1.807, 2.05) is 18.2 Å². The Kier molecular flexibility index (Phi) is 2.71. The number of rotatable bonds is 3. The minimum Gasteiger partial charge on any atom is -0.456 e. The monoisotopic (exact) mass is 239 g/mol. The van der Waals surface area contributed by atoms with E-state index in [0.29, 0.717) is 6.04 Å². The van der Waals surface area contributed by atoms with E-state index in [-0.39, 0.29) is 0 Å². The molecule has 3 aromatic rings. The molecule has 0 aliphatic heterocycles. The van der Waals surface area contributed by atoms with Crippen LogP contribution in [0.1, 0.15) is 20.3 Å². The van der Waals surface area contributed by atoms with Gasteiger partial charge in [0, 0.05) is 28.6 Å². The molecule has 0 spiro atoms. The molecule has 0 radical (unpaired) electrons. The SMILES string of the molecule is CCC(C)Nc1ccc2c(c1)oc1ccccc12. The molecule has 0 saturated carbocycles. The van der Waals surface area contributed by atoms with E-state index in [1.54, 1.807) is 0 Å². The van der Waals surface area contributed by atoms with Gasteiger partial charge in [0.15, 0.2) is 0 Å². The highest BCUT2D eigenvalue weighted by molar-refractivity contribution is 6.05. The third kappa shape index (κ3) is 1.84. The van der Waals surface area contributed by atoms with Crippen molar-refractivity contribution in [2.75, 3.05) is 5.32 Å². The van der Waals surface area contributed by atoms with Gasteiger partial charge in [-0.25, -0.2) is 0 Å². The van der Waals surface area contributed by atoms with Gasteiger partial charge in [0.25, 0.3) is 0 Å². The lowest BCUT2D eigenvalue weighted by Gasteiger charge is -2.12. The lowest BCUT2D eigenvalue weighted by atomic mass is 10.1. The second-order valence-electron chi connectivity index (χ2n) is 4.76. The van der Waals surface area contributed by atoms with Crippen LogP contribution < -0.4 is 5.32 Å². The zero-order chi connectivity index (χ0) is 12.5. The molecular formula is C16H17NO. The van der Waals surface area contributed by atoms with Crippen LogP contribution in [-0.4, -0.2) is 6.04 Å². The quantitative estimate of drug-likeness (QED) is 0.710. The molecule has 0 aliphatic carbocycles. The van der Waals surface area contributed by atoms with E-state index in [2.05, 4.69) is 43.4 Å². The molecule has 1 N–H and O–H groups in total. The van der Waals surface area contributed by atoms with Crippen molar-refractivity contribution in [2.24, 2.45) is 0 Å². The minimum absolute atomic E-state index is 0.479. The minimum atomic E-state index is 0.479. The van der Waals surface area contributed by atoms with E-state index >= 15 is 0 Å². The fraction of sp³-hybridized carbons (Fsp3) is 0.250. The maximum atomic E-state index is 5.87. The Hall–Kier alpha value is -1.96. The highest BCUT2D eigenvalue weighted by atomic mass is 16.3. The molecule has 1 aromatic heterocycles. The number of para-hydroxylation sites is 1. The van der Waals surface area contributed by atoms with Crippen molar-refractivity contribution in [1.29, 1.82) is 0 Å². The predicted octanol–water partition coefficient (Wildman–Crippen LogP) is 4.80. The molecule has 2 heteroatoms. The van der Waals surface area contributed by atoms with Crippen LogP contribution >= 0.6 is 0 Å². The van der Waals surface area contributed by atoms with Crippen LogP contribution in [0.4, 0.5) is 5.69 Å². The Bertz CT molecular complexity index is 684. The van der Waals surface area contributed by atoms with Gasteiger partial charge >= 0.3 is 0 Å². The molecule has 0 aliphatic rings. The number of anilines is 1. The zero-order valence-electron chi connectivity index (χ0n) is 10.7. The Morgan fingerprint density at radius 2 is 1.83 bits per heavy atom. The number of furan rings is 1. The Morgan fingerprint density at radius 1 is 1.06 bits per heavy atom. The number of hydrogen-bond acceptors (Lipinski definition) is 2. The van der Waals surface area contributed by atoms with E-state index in [9.17, 15) is 0 Å². The van der Waals surface area contributed by atoms with Crippen molar-refractivity contribution in [3.8, 4) is 0 Å². The van der Waals surface area contributed by atoms with Gasteiger partial charge in [-0.3, -0.25) is 0 Å². The highest BCUT2D eigenvalue weighted by Gasteiger charge is 2.07. The summed E-state index contributed by atoms with van der Waals surface area (Å²) in [6.45, 7) is 4.36. The number of hydrogen-bond donors (Lipinski definition) is 1. The largest absolute Gasteiger partial charge is 0.456 e. The Labute approximate surface area is 107 Å². The maximum Gasteiger partial charge on any atom is 0.137 e. The molecule has 3 rings (SSSR count). The fourth-order valence-electron chi connectivity index (χ4n) is 2.20. The van der Waals surface area contributed by atoms with E-state index < -0.39 is 0 Å². The number of fused-ring (bicyclic) bond motifs is 3. The zero-order valence-corrected chi connectivity index (χ0v) is 10.7. The number of benzene rings is 2. The summed E-state index contributed by atoms with van der Waals surface area (Å²) in [5.74, 6) is 0. The van der Waals surface area contributed by atoms with Gasteiger partial charge in [-0.2, -0.15) is 0 Å². The summed E-state index contributed by atoms with van der Waals surface area (Å²) >= 11 is 0. The second-order valence-corrected chi connectivity index (χ2v) is 4.76. The lowest BCUT2D eigenvalue weighted by Crippen LogP contribution is -2.12. The Morgan fingerprint density at radius 3 is 2.67 bits per heavy atom. The van der Waals surface area contributed by atoms with Gasteiger partial charge in [-0.1, -0.05) is 25.1 Å². The van der Waals surface area contributed by atoms with E-state index in [4.69, 9.17) is 4.42 Å². The van der Waals surface area contributed by atoms with Gasteiger partial charge in [-0.15, -0.1) is 0 Å². The molecule has 2 aromatic carbocycles. The highest BCUT2D eigenvalue weighted by Crippen LogP contribution is 2.30. The molecule has 0 amide bonds. The maximum absolute atomic E-state index is 5.87. The molecule has 0 fully saturated rings. The smallest absolute Gasteiger partial charge is 0.137 e. The summed E-state index contributed by atoms with van der Waals surface area (Å²) in [5.41, 5.74) is 3.02. The molecule has 1 atom stereocenters. The normalized spacial score (nSPS) is 13.0. The third-order valence-electron chi connectivity index (χ3n) is 3.40. The second kappa shape index (κ2) is 4.37. The average molecular weight is 239 g/mol. The van der Waals surface area contributed by atoms with E-state index in [1.165, 1.54) is 10.8 Å². The van der Waals surface area contributed by atoms with Gasteiger partial charge < -0.3 is 9.73 Å². The molecular weight excluding hydrogens is 222 g/mol. The van der Waals surface area contributed by atoms with Crippen molar-refractivity contribution < 1.29 is 4.42 Å². The summed E-state index contributed by atoms with van der Waals surface area (Å²) < 4.78 is 5.87. The molecule has 1 unspecified atom stereocenters.